The molecule has 0 N–H and O–H groups in total. The second-order valence-electron chi connectivity index (χ2n) is 5.92. The van der Waals surface area contributed by atoms with Crippen molar-refractivity contribution in [2.24, 2.45) is 5.92 Å². The zero-order valence-electron chi connectivity index (χ0n) is 11.2. The fraction of sp³-hybridized carbons (Fsp3) is 0.500. The Balaban J connectivity index is 2.03. The van der Waals surface area contributed by atoms with E-state index in [4.69, 9.17) is 0 Å². The minimum Gasteiger partial charge on any atom is -0.340 e. The highest BCUT2D eigenvalue weighted by Gasteiger charge is 2.36. The molecule has 1 aliphatic carbocycles. The molecule has 1 nitrogen and oxygen atoms in total. The molecule has 1 saturated carbocycles. The summed E-state index contributed by atoms with van der Waals surface area (Å²) in [6.45, 7) is 8.37. The molecule has 1 heterocycles. The lowest BCUT2D eigenvalue weighted by molar-refractivity contribution is 0.278. The number of hydrogen-bond donors (Lipinski definition) is 0. The van der Waals surface area contributed by atoms with Crippen molar-refractivity contribution in [3.05, 3.63) is 41.4 Å². The van der Waals surface area contributed by atoms with Gasteiger partial charge in [-0.25, -0.2) is 4.39 Å². The Morgan fingerprint density at radius 2 is 2.00 bits per heavy atom. The van der Waals surface area contributed by atoms with E-state index in [1.54, 1.807) is 6.07 Å². The van der Waals surface area contributed by atoms with Crippen molar-refractivity contribution in [2.45, 2.75) is 45.6 Å². The smallest absolute Gasteiger partial charge is 0.147 e. The minimum atomic E-state index is -0.0783. The topological polar surface area (TPSA) is 3.24 Å². The van der Waals surface area contributed by atoms with Gasteiger partial charge in [-0.3, -0.25) is 0 Å². The van der Waals surface area contributed by atoms with Crippen LogP contribution in [0.2, 0.25) is 0 Å². The predicted octanol–water partition coefficient (Wildman–Crippen LogP) is 4.20. The number of benzene rings is 1. The average Bonchev–Trinajstić information content (AvgIpc) is 2.26. The molecule has 0 bridgehead atoms. The van der Waals surface area contributed by atoms with Crippen molar-refractivity contribution in [3.8, 4) is 0 Å². The third-order valence-corrected chi connectivity index (χ3v) is 4.27. The van der Waals surface area contributed by atoms with Crippen LogP contribution < -0.4 is 4.90 Å². The highest BCUT2D eigenvalue weighted by atomic mass is 19.1. The van der Waals surface area contributed by atoms with E-state index >= 15 is 0 Å². The van der Waals surface area contributed by atoms with E-state index in [0.717, 1.165) is 54.1 Å². The van der Waals surface area contributed by atoms with Gasteiger partial charge < -0.3 is 4.90 Å². The molecule has 18 heavy (non-hydrogen) atoms. The van der Waals surface area contributed by atoms with E-state index in [1.165, 1.54) is 0 Å². The zero-order chi connectivity index (χ0) is 12.9. The largest absolute Gasteiger partial charge is 0.340 e. The summed E-state index contributed by atoms with van der Waals surface area (Å²) in [4.78, 5) is 2.17. The fourth-order valence-electron chi connectivity index (χ4n) is 3.34. The van der Waals surface area contributed by atoms with Crippen LogP contribution in [0.25, 0.3) is 0 Å². The molecule has 3 rings (SSSR count). The molecule has 96 valence electrons. The molecule has 0 aromatic heterocycles. The Kier molecular flexibility index (Phi) is 2.69. The van der Waals surface area contributed by atoms with E-state index in [0.29, 0.717) is 6.04 Å². The van der Waals surface area contributed by atoms with E-state index in [1.807, 2.05) is 6.92 Å². The number of hydrogen-bond acceptors (Lipinski definition) is 1. The molecule has 1 aromatic carbocycles. The first kappa shape index (κ1) is 11.8. The molecule has 1 fully saturated rings. The van der Waals surface area contributed by atoms with Crippen molar-refractivity contribution in [3.63, 3.8) is 0 Å². The summed E-state index contributed by atoms with van der Waals surface area (Å²) >= 11 is 0. The number of fused-ring (bicyclic) bond motifs is 1. The van der Waals surface area contributed by atoms with Crippen LogP contribution >= 0.6 is 0 Å². The fourth-order valence-corrected chi connectivity index (χ4v) is 3.34. The van der Waals surface area contributed by atoms with Crippen LogP contribution in [-0.4, -0.2) is 6.04 Å². The van der Waals surface area contributed by atoms with Crippen molar-refractivity contribution < 1.29 is 4.39 Å². The van der Waals surface area contributed by atoms with Gasteiger partial charge in [0.15, 0.2) is 0 Å². The lowest BCUT2D eigenvalue weighted by atomic mass is 9.79. The Labute approximate surface area is 108 Å². The van der Waals surface area contributed by atoms with Crippen molar-refractivity contribution in [2.75, 3.05) is 4.90 Å². The second kappa shape index (κ2) is 4.11. The van der Waals surface area contributed by atoms with E-state index in [-0.39, 0.29) is 5.82 Å². The van der Waals surface area contributed by atoms with Crippen LogP contribution in [0.4, 0.5) is 10.1 Å². The molecule has 0 radical (unpaired) electrons. The van der Waals surface area contributed by atoms with Gasteiger partial charge in [0.05, 0.1) is 5.69 Å². The second-order valence-corrected chi connectivity index (χ2v) is 5.92. The van der Waals surface area contributed by atoms with Gasteiger partial charge >= 0.3 is 0 Å². The molecule has 2 aliphatic rings. The van der Waals surface area contributed by atoms with Crippen LogP contribution in [-0.2, 0) is 6.42 Å². The molecule has 0 spiro atoms. The first-order valence-corrected chi connectivity index (χ1v) is 6.82. The number of nitrogens with zero attached hydrogens (tertiary/aromatic N) is 1. The third-order valence-electron chi connectivity index (χ3n) is 4.27. The zero-order valence-corrected chi connectivity index (χ0v) is 11.2. The summed E-state index contributed by atoms with van der Waals surface area (Å²) in [6, 6.07) is 4.23. The maximum atomic E-state index is 14.3. The first-order chi connectivity index (χ1) is 8.56. The third kappa shape index (κ3) is 1.75. The van der Waals surface area contributed by atoms with Gasteiger partial charge in [0.25, 0.3) is 0 Å². The van der Waals surface area contributed by atoms with Gasteiger partial charge in [-0.2, -0.15) is 0 Å². The summed E-state index contributed by atoms with van der Waals surface area (Å²) in [5.74, 6) is 0.687. The van der Waals surface area contributed by atoms with Gasteiger partial charge in [0.2, 0.25) is 0 Å². The number of aryl methyl sites for hydroxylation is 2. The molecule has 2 heteroatoms. The number of allylic oxidation sites excluding steroid dienone is 1. The Hall–Kier alpha value is -1.31. The molecule has 0 amide bonds. The summed E-state index contributed by atoms with van der Waals surface area (Å²) in [7, 11) is 0. The highest BCUT2D eigenvalue weighted by molar-refractivity contribution is 5.63. The molecular formula is C16H20FN. The highest BCUT2D eigenvalue weighted by Crippen LogP contribution is 2.42. The lowest BCUT2D eigenvalue weighted by Crippen LogP contribution is -2.45. The summed E-state index contributed by atoms with van der Waals surface area (Å²) in [5, 5.41) is 0. The van der Waals surface area contributed by atoms with E-state index in [9.17, 15) is 4.39 Å². The summed E-state index contributed by atoms with van der Waals surface area (Å²) in [6.07, 6.45) is 4.20. The minimum absolute atomic E-state index is 0.0783. The average molecular weight is 245 g/mol. The molecule has 1 aromatic rings. The molecule has 0 atom stereocenters. The van der Waals surface area contributed by atoms with Crippen LogP contribution in [0.3, 0.4) is 0 Å². The van der Waals surface area contributed by atoms with Gasteiger partial charge in [-0.05, 0) is 55.7 Å². The quantitative estimate of drug-likeness (QED) is 0.716. The van der Waals surface area contributed by atoms with Gasteiger partial charge in [-0.15, -0.1) is 0 Å². The van der Waals surface area contributed by atoms with E-state index in [2.05, 4.69) is 24.5 Å². The van der Waals surface area contributed by atoms with Crippen molar-refractivity contribution >= 4 is 5.69 Å². The van der Waals surface area contributed by atoms with Gasteiger partial charge in [0.1, 0.15) is 5.82 Å². The van der Waals surface area contributed by atoms with Gasteiger partial charge in [0, 0.05) is 11.7 Å². The number of halogens is 1. The molecule has 0 unspecified atom stereocenters. The van der Waals surface area contributed by atoms with Crippen LogP contribution in [0.5, 0.6) is 0 Å². The Bertz CT molecular complexity index is 500. The monoisotopic (exact) mass is 245 g/mol. The Morgan fingerprint density at radius 3 is 2.67 bits per heavy atom. The SMILES string of the molecule is C=C1CCc2cc(C)cc(F)c2N1C1CC(C)C1. The van der Waals surface area contributed by atoms with E-state index < -0.39 is 0 Å². The Morgan fingerprint density at radius 1 is 1.28 bits per heavy atom. The summed E-state index contributed by atoms with van der Waals surface area (Å²) < 4.78 is 14.3. The van der Waals surface area contributed by atoms with Crippen molar-refractivity contribution in [1.29, 1.82) is 0 Å². The summed E-state index contributed by atoms with van der Waals surface area (Å²) in [5.41, 5.74) is 4.05. The molecule has 1 aliphatic heterocycles. The predicted molar refractivity (Wildman–Crippen MR) is 73.3 cm³/mol. The van der Waals surface area contributed by atoms with Crippen LogP contribution in [0, 0.1) is 18.7 Å². The van der Waals surface area contributed by atoms with Gasteiger partial charge in [-0.1, -0.05) is 19.6 Å². The number of rotatable bonds is 1. The van der Waals surface area contributed by atoms with Crippen molar-refractivity contribution in [1.82, 2.24) is 0 Å². The van der Waals surface area contributed by atoms with Crippen LogP contribution in [0.15, 0.2) is 24.4 Å². The first-order valence-electron chi connectivity index (χ1n) is 6.82. The maximum Gasteiger partial charge on any atom is 0.147 e. The number of anilines is 1. The van der Waals surface area contributed by atoms with Crippen LogP contribution in [0.1, 0.15) is 37.3 Å². The lowest BCUT2D eigenvalue weighted by Gasteiger charge is -2.46. The standard InChI is InChI=1S/C16H20FN/c1-10-6-13-5-4-12(3)18(14-7-11(2)8-14)16(13)15(17)9-10/h6,9,11,14H,3-5,7-8H2,1-2H3. The molecule has 0 saturated heterocycles. The normalized spacial score (nSPS) is 26.8. The maximum absolute atomic E-state index is 14.3. The molecular weight excluding hydrogens is 225 g/mol.